The van der Waals surface area contributed by atoms with Crippen LogP contribution in [-0.4, -0.2) is 32.6 Å². The van der Waals surface area contributed by atoms with Crippen molar-refractivity contribution in [1.82, 2.24) is 15.0 Å². The summed E-state index contributed by atoms with van der Waals surface area (Å²) < 4.78 is 34.4. The van der Waals surface area contributed by atoms with Gasteiger partial charge in [0, 0.05) is 17.1 Å². The van der Waals surface area contributed by atoms with Gasteiger partial charge in [-0.05, 0) is 69.5 Å². The average molecular weight is 424 g/mol. The van der Waals surface area contributed by atoms with Gasteiger partial charge in [-0.15, -0.1) is 0 Å². The third kappa shape index (κ3) is 5.44. The van der Waals surface area contributed by atoms with Crippen molar-refractivity contribution in [3.63, 3.8) is 0 Å². The fourth-order valence-electron chi connectivity index (χ4n) is 3.36. The number of rotatable bonds is 7. The summed E-state index contributed by atoms with van der Waals surface area (Å²) >= 11 is 6.01. The minimum atomic E-state index is -3.73. The highest BCUT2D eigenvalue weighted by Crippen LogP contribution is 2.31. The summed E-state index contributed by atoms with van der Waals surface area (Å²) in [4.78, 5) is 4.24. The van der Waals surface area contributed by atoms with Crippen LogP contribution in [0.15, 0.2) is 47.5 Å². The molecule has 1 aromatic carbocycles. The Morgan fingerprint density at radius 2 is 1.82 bits per heavy atom. The van der Waals surface area contributed by atoms with Crippen LogP contribution >= 0.6 is 11.6 Å². The van der Waals surface area contributed by atoms with Crippen molar-refractivity contribution >= 4 is 21.6 Å². The molecule has 152 valence electrons. The number of ether oxygens (including phenoxy) is 1. The van der Waals surface area contributed by atoms with Crippen molar-refractivity contribution in [1.29, 1.82) is 0 Å². The fraction of sp³-hybridized carbons (Fsp3) is 0.450. The fourth-order valence-corrected chi connectivity index (χ4v) is 4.72. The number of halogens is 1. The highest BCUT2D eigenvalue weighted by Gasteiger charge is 2.29. The SMILES string of the molecule is CC(C)Oc1ccc(S(=O)(=O)N[C@H](c2ccc(Cl)cc2)C2CCNCC2)cn1. The lowest BCUT2D eigenvalue weighted by molar-refractivity contribution is 0.232. The zero-order valence-corrected chi connectivity index (χ0v) is 17.6. The number of nitrogens with zero attached hydrogens (tertiary/aromatic N) is 1. The van der Waals surface area contributed by atoms with E-state index in [1.54, 1.807) is 18.2 Å². The maximum atomic E-state index is 13.0. The van der Waals surface area contributed by atoms with Crippen molar-refractivity contribution in [2.75, 3.05) is 13.1 Å². The molecule has 28 heavy (non-hydrogen) atoms. The van der Waals surface area contributed by atoms with E-state index in [2.05, 4.69) is 15.0 Å². The van der Waals surface area contributed by atoms with Gasteiger partial charge in [-0.25, -0.2) is 18.1 Å². The number of aromatic nitrogens is 1. The first-order valence-electron chi connectivity index (χ1n) is 9.46. The van der Waals surface area contributed by atoms with E-state index in [0.717, 1.165) is 31.5 Å². The second-order valence-corrected chi connectivity index (χ2v) is 9.39. The molecule has 0 unspecified atom stereocenters. The van der Waals surface area contributed by atoms with E-state index in [-0.39, 0.29) is 23.0 Å². The molecule has 2 N–H and O–H groups in total. The molecular weight excluding hydrogens is 398 g/mol. The lowest BCUT2D eigenvalue weighted by Crippen LogP contribution is -2.38. The Bertz CT molecular complexity index is 865. The van der Waals surface area contributed by atoms with Gasteiger partial charge in [-0.2, -0.15) is 0 Å². The van der Waals surface area contributed by atoms with E-state index < -0.39 is 10.0 Å². The molecule has 1 aliphatic heterocycles. The van der Waals surface area contributed by atoms with Gasteiger partial charge < -0.3 is 10.1 Å². The van der Waals surface area contributed by atoms with E-state index in [9.17, 15) is 8.42 Å². The van der Waals surface area contributed by atoms with Crippen LogP contribution in [0.4, 0.5) is 0 Å². The number of pyridine rings is 1. The molecule has 2 aromatic rings. The lowest BCUT2D eigenvalue weighted by Gasteiger charge is -2.31. The van der Waals surface area contributed by atoms with Crippen molar-refractivity contribution in [2.24, 2.45) is 5.92 Å². The quantitative estimate of drug-likeness (QED) is 0.711. The van der Waals surface area contributed by atoms with Crippen LogP contribution in [0.5, 0.6) is 5.88 Å². The lowest BCUT2D eigenvalue weighted by atomic mass is 9.87. The van der Waals surface area contributed by atoms with Gasteiger partial charge in [0.2, 0.25) is 15.9 Å². The summed E-state index contributed by atoms with van der Waals surface area (Å²) in [6.45, 7) is 5.53. The maximum Gasteiger partial charge on any atom is 0.242 e. The Kier molecular flexibility index (Phi) is 6.93. The van der Waals surface area contributed by atoms with Crippen molar-refractivity contribution in [3.8, 4) is 5.88 Å². The number of nitrogens with one attached hydrogen (secondary N) is 2. The molecule has 3 rings (SSSR count). The van der Waals surface area contributed by atoms with E-state index in [0.29, 0.717) is 10.9 Å². The van der Waals surface area contributed by atoms with Gasteiger partial charge in [0.15, 0.2) is 0 Å². The summed E-state index contributed by atoms with van der Waals surface area (Å²) in [5, 5.41) is 3.95. The first-order valence-corrected chi connectivity index (χ1v) is 11.3. The zero-order chi connectivity index (χ0) is 20.1. The Morgan fingerprint density at radius 3 is 2.39 bits per heavy atom. The smallest absolute Gasteiger partial charge is 0.242 e. The van der Waals surface area contributed by atoms with Gasteiger partial charge in [0.05, 0.1) is 12.3 Å². The summed E-state index contributed by atoms with van der Waals surface area (Å²) in [6.07, 6.45) is 3.11. The molecule has 0 amide bonds. The van der Waals surface area contributed by atoms with Gasteiger partial charge >= 0.3 is 0 Å². The minimum Gasteiger partial charge on any atom is -0.475 e. The third-order valence-electron chi connectivity index (χ3n) is 4.74. The molecule has 1 aromatic heterocycles. The minimum absolute atomic E-state index is 0.0257. The molecule has 0 aliphatic carbocycles. The van der Waals surface area contributed by atoms with Gasteiger partial charge in [0.25, 0.3) is 0 Å². The molecule has 6 nitrogen and oxygen atoms in total. The van der Waals surface area contributed by atoms with Gasteiger partial charge in [0.1, 0.15) is 4.90 Å². The summed E-state index contributed by atoms with van der Waals surface area (Å²) in [5.74, 6) is 0.607. The molecule has 1 aliphatic rings. The Morgan fingerprint density at radius 1 is 1.14 bits per heavy atom. The number of hydrogen-bond acceptors (Lipinski definition) is 5. The molecule has 0 bridgehead atoms. The predicted molar refractivity (Wildman–Crippen MR) is 110 cm³/mol. The van der Waals surface area contributed by atoms with Gasteiger partial charge in [-0.1, -0.05) is 23.7 Å². The number of piperidine rings is 1. The topological polar surface area (TPSA) is 80.3 Å². The van der Waals surface area contributed by atoms with E-state index in [1.165, 1.54) is 12.3 Å². The molecule has 1 atom stereocenters. The van der Waals surface area contributed by atoms with E-state index >= 15 is 0 Å². The first-order chi connectivity index (χ1) is 13.3. The van der Waals surface area contributed by atoms with Crippen molar-refractivity contribution in [2.45, 2.75) is 43.7 Å². The maximum absolute atomic E-state index is 13.0. The van der Waals surface area contributed by atoms with Crippen LogP contribution in [0.3, 0.4) is 0 Å². The zero-order valence-electron chi connectivity index (χ0n) is 16.1. The summed E-state index contributed by atoms with van der Waals surface area (Å²) in [7, 11) is -3.73. The molecule has 0 saturated carbocycles. The number of benzene rings is 1. The molecule has 1 saturated heterocycles. The molecule has 0 radical (unpaired) electrons. The standard InChI is InChI=1S/C20H26ClN3O3S/c1-14(2)27-19-8-7-18(13-23-19)28(25,26)24-20(16-9-11-22-12-10-16)15-3-5-17(21)6-4-15/h3-8,13-14,16,20,22,24H,9-12H2,1-2H3/t20-/m1/s1. The van der Waals surface area contributed by atoms with Crippen LogP contribution < -0.4 is 14.8 Å². The Hall–Kier alpha value is -1.67. The highest BCUT2D eigenvalue weighted by molar-refractivity contribution is 7.89. The third-order valence-corrected chi connectivity index (χ3v) is 6.42. The van der Waals surface area contributed by atoms with Crippen LogP contribution in [-0.2, 0) is 10.0 Å². The van der Waals surface area contributed by atoms with Crippen molar-refractivity contribution < 1.29 is 13.2 Å². The molecule has 8 heteroatoms. The van der Waals surface area contributed by atoms with E-state index in [4.69, 9.17) is 16.3 Å². The normalized spacial score (nSPS) is 16.9. The Labute approximate surface area is 171 Å². The second kappa shape index (κ2) is 9.22. The number of sulfonamides is 1. The van der Waals surface area contributed by atoms with Crippen molar-refractivity contribution in [3.05, 3.63) is 53.2 Å². The average Bonchev–Trinajstić information content (AvgIpc) is 2.68. The Balaban J connectivity index is 1.84. The molecule has 1 fully saturated rings. The van der Waals surface area contributed by atoms with Gasteiger partial charge in [-0.3, -0.25) is 0 Å². The van der Waals surface area contributed by atoms with E-state index in [1.807, 2.05) is 26.0 Å². The number of hydrogen-bond donors (Lipinski definition) is 2. The molecule has 2 heterocycles. The van der Waals surface area contributed by atoms with Crippen LogP contribution in [0.25, 0.3) is 0 Å². The predicted octanol–water partition coefficient (Wildman–Crippen LogP) is 3.54. The highest BCUT2D eigenvalue weighted by atomic mass is 35.5. The summed E-state index contributed by atoms with van der Waals surface area (Å²) in [5.41, 5.74) is 0.910. The van der Waals surface area contributed by atoms with Crippen LogP contribution in [0.1, 0.15) is 38.3 Å². The molecular formula is C20H26ClN3O3S. The van der Waals surface area contributed by atoms with Crippen LogP contribution in [0, 0.1) is 5.92 Å². The second-order valence-electron chi connectivity index (χ2n) is 7.24. The first kappa shape index (κ1) is 21.0. The summed E-state index contributed by atoms with van der Waals surface area (Å²) in [6, 6.07) is 10.1. The van der Waals surface area contributed by atoms with Crippen LogP contribution in [0.2, 0.25) is 5.02 Å². The monoisotopic (exact) mass is 423 g/mol. The largest absolute Gasteiger partial charge is 0.475 e. The molecule has 0 spiro atoms.